The predicted molar refractivity (Wildman–Crippen MR) is 90.9 cm³/mol. The minimum absolute atomic E-state index is 0. The molecule has 1 rings (SSSR count). The van der Waals surface area contributed by atoms with Crippen molar-refractivity contribution in [2.75, 3.05) is 0 Å². The fourth-order valence-corrected chi connectivity index (χ4v) is 7.30. The molecule has 0 N–H and O–H groups in total. The summed E-state index contributed by atoms with van der Waals surface area (Å²) in [5.74, 6) is 0.680. The second kappa shape index (κ2) is 7.43. The molecular weight excluding hydrogens is 370 g/mol. The molecule has 4 heteroatoms. The van der Waals surface area contributed by atoms with Gasteiger partial charge in [-0.1, -0.05) is 0 Å². The maximum atomic E-state index is 2.61. The van der Waals surface area contributed by atoms with Crippen LogP contribution in [-0.4, -0.2) is 8.80 Å². The topological polar surface area (TPSA) is 0 Å². The molecule has 0 spiro atoms. The average Bonchev–Trinajstić information content (AvgIpc) is 2.40. The first-order chi connectivity index (χ1) is 7.46. The molecule has 0 bridgehead atoms. The second-order valence-electron chi connectivity index (χ2n) is 7.66. The van der Waals surface area contributed by atoms with Crippen LogP contribution in [0.5, 0.6) is 0 Å². The quantitative estimate of drug-likeness (QED) is 0.525. The summed E-state index contributed by atoms with van der Waals surface area (Å²) in [6, 6.07) is 0. The van der Waals surface area contributed by atoms with Gasteiger partial charge < -0.3 is 0 Å². The molecule has 0 amide bonds. The van der Waals surface area contributed by atoms with E-state index in [0.717, 1.165) is 0 Å². The van der Waals surface area contributed by atoms with Gasteiger partial charge in [-0.05, 0) is 0 Å². The van der Waals surface area contributed by atoms with Crippen LogP contribution >= 0.6 is 24.8 Å². The molecule has 1 aliphatic carbocycles. The van der Waals surface area contributed by atoms with Crippen LogP contribution in [0.1, 0.15) is 41.5 Å². The molecule has 0 radical (unpaired) electrons. The van der Waals surface area contributed by atoms with Crippen LogP contribution in [0, 0.1) is 16.7 Å². The molecule has 1 aliphatic rings. The van der Waals surface area contributed by atoms with E-state index in [9.17, 15) is 0 Å². The zero-order valence-electron chi connectivity index (χ0n) is 13.5. The van der Waals surface area contributed by atoms with Crippen molar-refractivity contribution in [3.05, 3.63) is 20.1 Å². The Morgan fingerprint density at radius 2 is 1.42 bits per heavy atom. The van der Waals surface area contributed by atoms with Crippen molar-refractivity contribution in [1.29, 1.82) is 0 Å². The smallest absolute Gasteiger partial charge is 0.147 e. The summed E-state index contributed by atoms with van der Waals surface area (Å²) in [7, 11) is -0.712. The van der Waals surface area contributed by atoms with Gasteiger partial charge in [-0.25, -0.2) is 0 Å². The van der Waals surface area contributed by atoms with Crippen molar-refractivity contribution in [2.45, 2.75) is 54.6 Å². The van der Waals surface area contributed by atoms with Crippen molar-refractivity contribution in [2.24, 2.45) is 16.7 Å². The molecule has 0 fully saturated rings. The van der Waals surface area contributed by atoms with E-state index in [1.54, 1.807) is 38.8 Å². The first-order valence-corrected chi connectivity index (χ1v) is 10.8. The maximum absolute atomic E-state index is 2.61. The van der Waals surface area contributed by atoms with Gasteiger partial charge in [0.05, 0.1) is 0 Å². The Hall–Kier alpha value is 1.16. The summed E-state index contributed by atoms with van der Waals surface area (Å²) >= 11 is 1.62. The maximum Gasteiger partial charge on any atom is -0.147 e. The van der Waals surface area contributed by atoms with Crippen molar-refractivity contribution in [1.82, 2.24) is 0 Å². The number of hydrogen-bond acceptors (Lipinski definition) is 0. The van der Waals surface area contributed by atoms with E-state index in [1.807, 2.05) is 0 Å². The van der Waals surface area contributed by atoms with E-state index in [2.05, 4.69) is 60.7 Å². The van der Waals surface area contributed by atoms with Gasteiger partial charge in [0.25, 0.3) is 0 Å². The van der Waals surface area contributed by atoms with Gasteiger partial charge in [0.1, 0.15) is 0 Å². The molecule has 0 saturated carbocycles. The summed E-state index contributed by atoms with van der Waals surface area (Å²) in [5.41, 5.74) is 2.40. The second-order valence-corrected chi connectivity index (χ2v) is 11.9. The van der Waals surface area contributed by atoms with Crippen LogP contribution in [0.15, 0.2) is 20.1 Å². The zero-order chi connectivity index (χ0) is 13.6. The van der Waals surface area contributed by atoms with Crippen LogP contribution in [0.3, 0.4) is 0 Å². The SMILES string of the molecule is C[SiH](C)C1=CC(C(C)(C)C)[C]([Zr])=C1C(C)(C)C.Cl.Cl. The van der Waals surface area contributed by atoms with Crippen LogP contribution in [-0.2, 0) is 24.7 Å². The molecule has 1 atom stereocenters. The van der Waals surface area contributed by atoms with Crippen LogP contribution in [0.2, 0.25) is 13.1 Å². The normalized spacial score (nSPS) is 20.0. The summed E-state index contributed by atoms with van der Waals surface area (Å²) in [6.45, 7) is 19.2. The predicted octanol–water partition coefficient (Wildman–Crippen LogP) is 5.31. The molecule has 0 aromatic rings. The third kappa shape index (κ3) is 5.13. The number of rotatable bonds is 1. The summed E-state index contributed by atoms with van der Waals surface area (Å²) in [6.07, 6.45) is 2.61. The van der Waals surface area contributed by atoms with Crippen molar-refractivity contribution >= 4 is 33.6 Å². The Labute approximate surface area is 149 Å². The van der Waals surface area contributed by atoms with Gasteiger partial charge in [-0.15, -0.1) is 24.8 Å². The Bertz CT molecular complexity index is 371. The first kappa shape index (κ1) is 22.4. The van der Waals surface area contributed by atoms with Crippen molar-refractivity contribution < 1.29 is 24.7 Å². The van der Waals surface area contributed by atoms with E-state index in [1.165, 1.54) is 0 Å². The average molecular weight is 400 g/mol. The van der Waals surface area contributed by atoms with E-state index < -0.39 is 8.80 Å². The van der Waals surface area contributed by atoms with Crippen LogP contribution in [0.4, 0.5) is 0 Å². The van der Waals surface area contributed by atoms with Gasteiger partial charge in [-0.3, -0.25) is 0 Å². The zero-order valence-corrected chi connectivity index (χ0v) is 18.8. The fourth-order valence-electron chi connectivity index (χ4n) is 2.66. The molecule has 0 nitrogen and oxygen atoms in total. The Morgan fingerprint density at radius 1 is 1.00 bits per heavy atom. The van der Waals surface area contributed by atoms with E-state index in [-0.39, 0.29) is 24.8 Å². The molecule has 0 aromatic heterocycles. The molecular formula is C15H29Cl2SiZr. The number of hydrogen-bond donors (Lipinski definition) is 0. The fraction of sp³-hybridized carbons (Fsp3) is 0.733. The van der Waals surface area contributed by atoms with Gasteiger partial charge >= 0.3 is 125 Å². The largest absolute Gasteiger partial charge is 0.147 e. The summed E-state index contributed by atoms with van der Waals surface area (Å²) < 4.78 is 1.72. The number of allylic oxidation sites excluding steroid dienone is 4. The Morgan fingerprint density at radius 3 is 1.63 bits per heavy atom. The van der Waals surface area contributed by atoms with E-state index in [4.69, 9.17) is 0 Å². The Balaban J connectivity index is 0. The van der Waals surface area contributed by atoms with Gasteiger partial charge in [0, 0.05) is 0 Å². The van der Waals surface area contributed by atoms with Crippen LogP contribution < -0.4 is 0 Å². The summed E-state index contributed by atoms with van der Waals surface area (Å²) in [5, 5.41) is 1.74. The van der Waals surface area contributed by atoms with Crippen LogP contribution in [0.25, 0.3) is 0 Å². The molecule has 0 aliphatic heterocycles. The van der Waals surface area contributed by atoms with E-state index in [0.29, 0.717) is 16.7 Å². The standard InChI is InChI=1S/C15H27Si.2ClH.Zr/c1-14(2,3)11-9-12(15(4,5)6)13(10-11)16(7)8;;;/h10-11,16H,1-8H3;2*1H;. The van der Waals surface area contributed by atoms with Gasteiger partial charge in [0.2, 0.25) is 0 Å². The molecule has 111 valence electrons. The molecule has 19 heavy (non-hydrogen) atoms. The number of halogens is 2. The van der Waals surface area contributed by atoms with E-state index >= 15 is 0 Å². The van der Waals surface area contributed by atoms with Crippen molar-refractivity contribution in [3.8, 4) is 0 Å². The molecule has 0 saturated heterocycles. The van der Waals surface area contributed by atoms with Crippen molar-refractivity contribution in [3.63, 3.8) is 0 Å². The van der Waals surface area contributed by atoms with Gasteiger partial charge in [0.15, 0.2) is 0 Å². The molecule has 0 heterocycles. The molecule has 0 aromatic carbocycles. The monoisotopic (exact) mass is 397 g/mol. The third-order valence-electron chi connectivity index (χ3n) is 3.52. The minimum atomic E-state index is -0.712. The Kier molecular flexibility index (Phi) is 8.78. The summed E-state index contributed by atoms with van der Waals surface area (Å²) in [4.78, 5) is 0. The first-order valence-electron chi connectivity index (χ1n) is 6.64. The van der Waals surface area contributed by atoms with Gasteiger partial charge in [-0.2, -0.15) is 0 Å². The third-order valence-corrected chi connectivity index (χ3v) is 6.62. The molecule has 1 unspecified atom stereocenters. The minimum Gasteiger partial charge on any atom is -0.147 e.